The van der Waals surface area contributed by atoms with E-state index in [4.69, 9.17) is 0 Å². The summed E-state index contributed by atoms with van der Waals surface area (Å²) in [6.45, 7) is 1.77. The molecule has 0 fully saturated rings. The summed E-state index contributed by atoms with van der Waals surface area (Å²) in [5.41, 5.74) is 1.72. The third-order valence-corrected chi connectivity index (χ3v) is 3.04. The molecule has 0 atom stereocenters. The highest BCUT2D eigenvalue weighted by Gasteiger charge is 2.09. The summed E-state index contributed by atoms with van der Waals surface area (Å²) in [6, 6.07) is 6.37. The van der Waals surface area contributed by atoms with Crippen LogP contribution in [0.3, 0.4) is 0 Å². The maximum atomic E-state index is 12.0. The van der Waals surface area contributed by atoms with Crippen molar-refractivity contribution in [3.8, 4) is 0 Å². The van der Waals surface area contributed by atoms with Crippen LogP contribution < -0.4 is 10.0 Å². The molecule has 1 heterocycles. The molecular formula is C13H14N4O3S. The van der Waals surface area contributed by atoms with E-state index < -0.39 is 15.9 Å². The van der Waals surface area contributed by atoms with Gasteiger partial charge in [0.05, 0.1) is 23.8 Å². The number of hydrogen-bond acceptors (Lipinski definition) is 5. The molecule has 0 spiro atoms. The fourth-order valence-corrected chi connectivity index (χ4v) is 2.13. The lowest BCUT2D eigenvalue weighted by atomic mass is 10.2. The molecule has 0 aliphatic heterocycles. The zero-order valence-corrected chi connectivity index (χ0v) is 12.3. The van der Waals surface area contributed by atoms with Crippen LogP contribution in [-0.2, 0) is 10.0 Å². The zero-order chi connectivity index (χ0) is 15.5. The molecule has 110 valence electrons. The fourth-order valence-electron chi connectivity index (χ4n) is 1.58. The van der Waals surface area contributed by atoms with Crippen molar-refractivity contribution in [2.24, 2.45) is 0 Å². The molecule has 1 aromatic heterocycles. The van der Waals surface area contributed by atoms with E-state index in [-0.39, 0.29) is 5.69 Å². The third-order valence-electron chi connectivity index (χ3n) is 2.44. The predicted molar refractivity (Wildman–Crippen MR) is 79.6 cm³/mol. The van der Waals surface area contributed by atoms with E-state index >= 15 is 0 Å². The van der Waals surface area contributed by atoms with Crippen molar-refractivity contribution in [1.82, 2.24) is 9.97 Å². The number of aryl methyl sites for hydroxylation is 1. The summed E-state index contributed by atoms with van der Waals surface area (Å²) in [6.07, 6.45) is 3.93. The average molecular weight is 306 g/mol. The number of carbonyl (C=O) groups is 1. The van der Waals surface area contributed by atoms with Gasteiger partial charge in [-0.3, -0.25) is 14.5 Å². The van der Waals surface area contributed by atoms with Gasteiger partial charge in [-0.25, -0.2) is 13.4 Å². The first-order valence-corrected chi connectivity index (χ1v) is 7.90. The number of hydrogen-bond donors (Lipinski definition) is 2. The first-order chi connectivity index (χ1) is 9.83. The molecule has 0 aliphatic carbocycles. The van der Waals surface area contributed by atoms with Gasteiger partial charge in [0.2, 0.25) is 10.0 Å². The average Bonchev–Trinajstić information content (AvgIpc) is 2.37. The van der Waals surface area contributed by atoms with Gasteiger partial charge in [-0.2, -0.15) is 0 Å². The van der Waals surface area contributed by atoms with Gasteiger partial charge in [0.25, 0.3) is 5.91 Å². The lowest BCUT2D eigenvalue weighted by molar-refractivity contribution is 0.102. The van der Waals surface area contributed by atoms with E-state index in [1.54, 1.807) is 25.1 Å². The van der Waals surface area contributed by atoms with Gasteiger partial charge in [0, 0.05) is 11.9 Å². The Bertz CT molecular complexity index is 757. The number of carbonyl (C=O) groups excluding carboxylic acids is 1. The molecule has 0 radical (unpaired) electrons. The van der Waals surface area contributed by atoms with Crippen LogP contribution >= 0.6 is 0 Å². The summed E-state index contributed by atoms with van der Waals surface area (Å²) >= 11 is 0. The van der Waals surface area contributed by atoms with E-state index in [1.165, 1.54) is 18.5 Å². The summed E-state index contributed by atoms with van der Waals surface area (Å²) in [5, 5.41) is 2.63. The minimum atomic E-state index is -3.36. The Morgan fingerprint density at radius 2 is 1.86 bits per heavy atom. The van der Waals surface area contributed by atoms with Crippen molar-refractivity contribution in [3.63, 3.8) is 0 Å². The van der Waals surface area contributed by atoms with E-state index in [0.29, 0.717) is 17.1 Å². The van der Waals surface area contributed by atoms with Gasteiger partial charge in [0.15, 0.2) is 0 Å². The number of amides is 1. The molecule has 21 heavy (non-hydrogen) atoms. The van der Waals surface area contributed by atoms with E-state index in [9.17, 15) is 13.2 Å². The molecule has 2 rings (SSSR count). The predicted octanol–water partition coefficient (Wildman–Crippen LogP) is 1.41. The second kappa shape index (κ2) is 5.88. The Hall–Kier alpha value is -2.48. The lowest BCUT2D eigenvalue weighted by Gasteiger charge is -2.08. The van der Waals surface area contributed by atoms with Crippen LogP contribution in [0.4, 0.5) is 11.4 Å². The van der Waals surface area contributed by atoms with Gasteiger partial charge < -0.3 is 5.32 Å². The summed E-state index contributed by atoms with van der Waals surface area (Å²) in [4.78, 5) is 19.9. The van der Waals surface area contributed by atoms with Crippen molar-refractivity contribution >= 4 is 27.3 Å². The molecule has 1 aromatic carbocycles. The Kier molecular flexibility index (Phi) is 4.18. The van der Waals surface area contributed by atoms with E-state index in [1.807, 2.05) is 0 Å². The molecule has 0 aliphatic rings. The van der Waals surface area contributed by atoms with Gasteiger partial charge in [0.1, 0.15) is 5.69 Å². The van der Waals surface area contributed by atoms with Crippen LogP contribution in [0, 0.1) is 6.92 Å². The normalized spacial score (nSPS) is 11.0. The van der Waals surface area contributed by atoms with Gasteiger partial charge in [-0.1, -0.05) is 6.07 Å². The summed E-state index contributed by atoms with van der Waals surface area (Å²) < 4.78 is 24.7. The topological polar surface area (TPSA) is 101 Å². The number of anilines is 2. The Morgan fingerprint density at radius 3 is 2.48 bits per heavy atom. The van der Waals surface area contributed by atoms with Crippen molar-refractivity contribution in [3.05, 3.63) is 48.0 Å². The minimum absolute atomic E-state index is 0.182. The number of aromatic nitrogens is 2. The van der Waals surface area contributed by atoms with Crippen LogP contribution in [0.1, 0.15) is 16.2 Å². The monoisotopic (exact) mass is 306 g/mol. The highest BCUT2D eigenvalue weighted by atomic mass is 32.2. The molecule has 2 N–H and O–H groups in total. The highest BCUT2D eigenvalue weighted by Crippen LogP contribution is 2.16. The smallest absolute Gasteiger partial charge is 0.275 e. The van der Waals surface area contributed by atoms with E-state index in [0.717, 1.165) is 6.26 Å². The summed E-state index contributed by atoms with van der Waals surface area (Å²) in [7, 11) is -3.36. The Labute approximate surface area is 122 Å². The molecule has 0 bridgehead atoms. The minimum Gasteiger partial charge on any atom is -0.321 e. The molecule has 0 saturated carbocycles. The van der Waals surface area contributed by atoms with Gasteiger partial charge in [-0.15, -0.1) is 0 Å². The molecule has 0 unspecified atom stereocenters. The zero-order valence-electron chi connectivity index (χ0n) is 11.5. The Balaban J connectivity index is 2.14. The first-order valence-electron chi connectivity index (χ1n) is 6.01. The van der Waals surface area contributed by atoms with Crippen LogP contribution in [0.2, 0.25) is 0 Å². The third kappa shape index (κ3) is 4.53. The summed E-state index contributed by atoms with van der Waals surface area (Å²) in [5.74, 6) is -0.418. The second-order valence-electron chi connectivity index (χ2n) is 4.45. The maximum Gasteiger partial charge on any atom is 0.275 e. The number of sulfonamides is 1. The molecule has 7 nitrogen and oxygen atoms in total. The van der Waals surface area contributed by atoms with Crippen LogP contribution in [0.15, 0.2) is 36.7 Å². The van der Waals surface area contributed by atoms with Crippen molar-refractivity contribution < 1.29 is 13.2 Å². The first kappa shape index (κ1) is 14.9. The second-order valence-corrected chi connectivity index (χ2v) is 6.20. The molecule has 0 saturated heterocycles. The molecule has 1 amide bonds. The standard InChI is InChI=1S/C13H14N4O3S/c1-9-7-15-12(8-14-9)13(18)16-10-4-3-5-11(6-10)17-21(2,19)20/h3-8,17H,1-2H3,(H,16,18). The SMILES string of the molecule is Cc1cnc(C(=O)Nc2cccc(NS(C)(=O)=O)c2)cn1. The highest BCUT2D eigenvalue weighted by molar-refractivity contribution is 7.92. The molecular weight excluding hydrogens is 292 g/mol. The van der Waals surface area contributed by atoms with Crippen LogP contribution in [0.25, 0.3) is 0 Å². The van der Waals surface area contributed by atoms with Crippen molar-refractivity contribution in [2.45, 2.75) is 6.92 Å². The largest absolute Gasteiger partial charge is 0.321 e. The quantitative estimate of drug-likeness (QED) is 0.889. The van der Waals surface area contributed by atoms with Gasteiger partial charge >= 0.3 is 0 Å². The van der Waals surface area contributed by atoms with E-state index in [2.05, 4.69) is 20.0 Å². The number of nitrogens with one attached hydrogen (secondary N) is 2. The lowest BCUT2D eigenvalue weighted by Crippen LogP contribution is -2.15. The van der Waals surface area contributed by atoms with Crippen molar-refractivity contribution in [2.75, 3.05) is 16.3 Å². The Morgan fingerprint density at radius 1 is 1.14 bits per heavy atom. The fraction of sp³-hybridized carbons (Fsp3) is 0.154. The van der Waals surface area contributed by atoms with Crippen molar-refractivity contribution in [1.29, 1.82) is 0 Å². The maximum absolute atomic E-state index is 12.0. The van der Waals surface area contributed by atoms with Gasteiger partial charge in [-0.05, 0) is 25.1 Å². The molecule has 2 aromatic rings. The number of benzene rings is 1. The number of nitrogens with zero attached hydrogens (tertiary/aromatic N) is 2. The number of rotatable bonds is 4. The van der Waals surface area contributed by atoms with Crippen LogP contribution in [0.5, 0.6) is 0 Å². The molecule has 8 heteroatoms. The van der Waals surface area contributed by atoms with Crippen LogP contribution in [-0.4, -0.2) is 30.5 Å².